The Morgan fingerprint density at radius 3 is 2.43 bits per heavy atom. The topological polar surface area (TPSA) is 130 Å². The summed E-state index contributed by atoms with van der Waals surface area (Å²) in [6.07, 6.45) is 0.282. The zero-order valence-corrected chi connectivity index (χ0v) is 12.7. The van der Waals surface area contributed by atoms with Crippen LogP contribution < -0.4 is 10.5 Å². The number of nitrogens with one attached hydrogen (secondary N) is 1. The Balaban J connectivity index is 3.10. The van der Waals surface area contributed by atoms with Crippen molar-refractivity contribution in [2.45, 2.75) is 31.2 Å². The van der Waals surface area contributed by atoms with Crippen LogP contribution in [0.1, 0.15) is 30.6 Å². The smallest absolute Gasteiger partial charge is 0.335 e. The van der Waals surface area contributed by atoms with Crippen LogP contribution >= 0.6 is 0 Å². The molecule has 8 heteroatoms. The molecule has 0 aliphatic rings. The number of aliphatic hydroxyl groups excluding tert-OH is 1. The zero-order chi connectivity index (χ0) is 16.2. The number of carbonyl (C=O) groups is 1. The van der Waals surface area contributed by atoms with Gasteiger partial charge < -0.3 is 15.9 Å². The quantitative estimate of drug-likeness (QED) is 0.547. The lowest BCUT2D eigenvalue weighted by molar-refractivity contribution is 0.0697. The molecular formula is C13H20N2O5S. The number of hydrogen-bond acceptors (Lipinski definition) is 5. The molecule has 0 aromatic heterocycles. The molecule has 0 bridgehead atoms. The molecule has 0 fully saturated rings. The molecule has 1 aromatic carbocycles. The van der Waals surface area contributed by atoms with Crippen LogP contribution in [0, 0.1) is 5.92 Å². The molecule has 0 amide bonds. The SMILES string of the molecule is CC(C)C(CCO)NS(=O)(=O)c1ccc(C(=O)O)cc1N. The highest BCUT2D eigenvalue weighted by molar-refractivity contribution is 7.89. The van der Waals surface area contributed by atoms with Gasteiger partial charge in [-0.1, -0.05) is 13.8 Å². The van der Waals surface area contributed by atoms with Crippen molar-refractivity contribution in [3.05, 3.63) is 23.8 Å². The van der Waals surface area contributed by atoms with Crippen LogP contribution in [-0.4, -0.2) is 37.2 Å². The van der Waals surface area contributed by atoms with Crippen LogP contribution in [0.15, 0.2) is 23.1 Å². The van der Waals surface area contributed by atoms with Gasteiger partial charge in [0.1, 0.15) is 4.90 Å². The molecule has 1 rings (SSSR count). The van der Waals surface area contributed by atoms with E-state index in [0.29, 0.717) is 0 Å². The van der Waals surface area contributed by atoms with E-state index in [2.05, 4.69) is 4.72 Å². The summed E-state index contributed by atoms with van der Waals surface area (Å²) >= 11 is 0. The van der Waals surface area contributed by atoms with Gasteiger partial charge in [0.15, 0.2) is 0 Å². The molecule has 0 saturated heterocycles. The van der Waals surface area contributed by atoms with Gasteiger partial charge in [-0.05, 0) is 30.5 Å². The highest BCUT2D eigenvalue weighted by Gasteiger charge is 2.24. The van der Waals surface area contributed by atoms with Crippen LogP contribution in [0.25, 0.3) is 0 Å². The van der Waals surface area contributed by atoms with Gasteiger partial charge in [0.05, 0.1) is 11.3 Å². The van der Waals surface area contributed by atoms with Gasteiger partial charge in [0, 0.05) is 12.6 Å². The van der Waals surface area contributed by atoms with Crippen molar-refractivity contribution in [2.75, 3.05) is 12.3 Å². The number of anilines is 1. The second-order valence-electron chi connectivity index (χ2n) is 5.04. The van der Waals surface area contributed by atoms with Crippen LogP contribution in [0.4, 0.5) is 5.69 Å². The van der Waals surface area contributed by atoms with E-state index in [1.807, 2.05) is 13.8 Å². The van der Waals surface area contributed by atoms with E-state index >= 15 is 0 Å². The predicted molar refractivity (Wildman–Crippen MR) is 78.5 cm³/mol. The van der Waals surface area contributed by atoms with Crippen molar-refractivity contribution in [3.8, 4) is 0 Å². The molecule has 0 radical (unpaired) electrons. The maximum atomic E-state index is 12.3. The third kappa shape index (κ3) is 4.42. The van der Waals surface area contributed by atoms with Crippen LogP contribution in [0.2, 0.25) is 0 Å². The monoisotopic (exact) mass is 316 g/mol. The number of sulfonamides is 1. The summed E-state index contributed by atoms with van der Waals surface area (Å²) in [7, 11) is -3.88. The molecule has 0 aliphatic carbocycles. The average molecular weight is 316 g/mol. The third-order valence-corrected chi connectivity index (χ3v) is 4.66. The summed E-state index contributed by atoms with van der Waals surface area (Å²) in [5, 5.41) is 17.8. The van der Waals surface area contributed by atoms with E-state index in [-0.39, 0.29) is 35.1 Å². The van der Waals surface area contributed by atoms with E-state index in [9.17, 15) is 13.2 Å². The van der Waals surface area contributed by atoms with E-state index in [0.717, 1.165) is 12.1 Å². The molecule has 0 aliphatic heterocycles. The van der Waals surface area contributed by atoms with Crippen LogP contribution in [-0.2, 0) is 10.0 Å². The number of rotatable bonds is 7. The molecule has 1 atom stereocenters. The van der Waals surface area contributed by atoms with Gasteiger partial charge in [0.2, 0.25) is 10.0 Å². The molecule has 0 heterocycles. The maximum Gasteiger partial charge on any atom is 0.335 e. The highest BCUT2D eigenvalue weighted by atomic mass is 32.2. The summed E-state index contributed by atoms with van der Waals surface area (Å²) in [4.78, 5) is 10.6. The average Bonchev–Trinajstić information content (AvgIpc) is 2.37. The van der Waals surface area contributed by atoms with E-state index in [1.165, 1.54) is 6.07 Å². The van der Waals surface area contributed by atoms with Crippen LogP contribution in [0.5, 0.6) is 0 Å². The van der Waals surface area contributed by atoms with Gasteiger partial charge in [-0.15, -0.1) is 0 Å². The largest absolute Gasteiger partial charge is 0.478 e. The lowest BCUT2D eigenvalue weighted by atomic mass is 10.0. The number of aliphatic hydroxyl groups is 1. The van der Waals surface area contributed by atoms with E-state index < -0.39 is 22.0 Å². The number of hydrogen-bond donors (Lipinski definition) is 4. The Morgan fingerprint density at radius 2 is 2.00 bits per heavy atom. The molecule has 1 aromatic rings. The lowest BCUT2D eigenvalue weighted by Crippen LogP contribution is -2.39. The van der Waals surface area contributed by atoms with Gasteiger partial charge in [0.25, 0.3) is 0 Å². The minimum Gasteiger partial charge on any atom is -0.478 e. The molecule has 0 spiro atoms. The Hall–Kier alpha value is -1.64. The van der Waals surface area contributed by atoms with Crippen molar-refractivity contribution in [1.29, 1.82) is 0 Å². The molecule has 5 N–H and O–H groups in total. The fourth-order valence-electron chi connectivity index (χ4n) is 1.86. The normalized spacial score (nSPS) is 13.3. The summed E-state index contributed by atoms with van der Waals surface area (Å²) in [6, 6.07) is 3.02. The summed E-state index contributed by atoms with van der Waals surface area (Å²) in [5.41, 5.74) is 5.43. The van der Waals surface area contributed by atoms with Crippen LogP contribution in [0.3, 0.4) is 0 Å². The van der Waals surface area contributed by atoms with E-state index in [4.69, 9.17) is 15.9 Å². The molecule has 7 nitrogen and oxygen atoms in total. The minimum atomic E-state index is -3.88. The molecular weight excluding hydrogens is 296 g/mol. The Bertz CT molecular complexity index is 613. The Kier molecular flexibility index (Phi) is 5.70. The lowest BCUT2D eigenvalue weighted by Gasteiger charge is -2.21. The molecule has 0 saturated carbocycles. The number of benzene rings is 1. The zero-order valence-electron chi connectivity index (χ0n) is 11.9. The molecule has 118 valence electrons. The fraction of sp³-hybridized carbons (Fsp3) is 0.462. The first kappa shape index (κ1) is 17.4. The van der Waals surface area contributed by atoms with Crippen molar-refractivity contribution in [2.24, 2.45) is 5.92 Å². The number of aromatic carboxylic acids is 1. The minimum absolute atomic E-state index is 0.00792. The molecule has 21 heavy (non-hydrogen) atoms. The second-order valence-corrected chi connectivity index (χ2v) is 6.72. The van der Waals surface area contributed by atoms with Gasteiger partial charge in [-0.2, -0.15) is 0 Å². The fourth-order valence-corrected chi connectivity index (χ4v) is 3.39. The van der Waals surface area contributed by atoms with Gasteiger partial charge in [-0.3, -0.25) is 0 Å². The number of nitrogens with two attached hydrogens (primary N) is 1. The Morgan fingerprint density at radius 1 is 1.38 bits per heavy atom. The van der Waals surface area contributed by atoms with Crippen molar-refractivity contribution < 1.29 is 23.4 Å². The third-order valence-electron chi connectivity index (χ3n) is 3.10. The van der Waals surface area contributed by atoms with Crippen molar-refractivity contribution in [1.82, 2.24) is 4.72 Å². The maximum absolute atomic E-state index is 12.3. The number of carboxylic acid groups (broad SMARTS) is 1. The highest BCUT2D eigenvalue weighted by Crippen LogP contribution is 2.21. The second kappa shape index (κ2) is 6.88. The number of carboxylic acids is 1. The van der Waals surface area contributed by atoms with Gasteiger partial charge >= 0.3 is 5.97 Å². The number of nitrogen functional groups attached to an aromatic ring is 1. The molecule has 1 unspecified atom stereocenters. The summed E-state index contributed by atoms with van der Waals surface area (Å²) in [6.45, 7) is 3.53. The summed E-state index contributed by atoms with van der Waals surface area (Å²) < 4.78 is 27.1. The van der Waals surface area contributed by atoms with E-state index in [1.54, 1.807) is 0 Å². The first-order valence-corrected chi connectivity index (χ1v) is 7.93. The van der Waals surface area contributed by atoms with Crippen molar-refractivity contribution in [3.63, 3.8) is 0 Å². The van der Waals surface area contributed by atoms with Crippen molar-refractivity contribution >= 4 is 21.7 Å². The first-order chi connectivity index (χ1) is 9.69. The predicted octanol–water partition coefficient (Wildman–Crippen LogP) is 0.652. The van der Waals surface area contributed by atoms with Gasteiger partial charge in [-0.25, -0.2) is 17.9 Å². The Labute approximate surface area is 123 Å². The standard InChI is InChI=1S/C13H20N2O5S/c1-8(2)11(5-6-16)15-21(19,20)12-4-3-9(13(17)18)7-10(12)14/h3-4,7-8,11,15-16H,5-6,14H2,1-2H3,(H,17,18). The summed E-state index contributed by atoms with van der Waals surface area (Å²) in [5.74, 6) is -1.19. The first-order valence-electron chi connectivity index (χ1n) is 6.45.